The number of nitrogens with zero attached hydrogens (tertiary/aromatic N) is 2. The van der Waals surface area contributed by atoms with E-state index < -0.39 is 0 Å². The van der Waals surface area contributed by atoms with Gasteiger partial charge in [0.15, 0.2) is 0 Å². The van der Waals surface area contributed by atoms with Crippen LogP contribution in [0.2, 0.25) is 0 Å². The molecule has 1 aromatic carbocycles. The van der Waals surface area contributed by atoms with E-state index >= 15 is 0 Å². The van der Waals surface area contributed by atoms with Crippen LogP contribution in [0.3, 0.4) is 0 Å². The standard InChI is InChI=1S/C18H18N2O2S/c1-3-16-13(2)9-15(10-19)18(20-16)23-12-17(21)22-11-14-7-5-4-6-8-14/h4-9H,3,11-12H2,1-2H3. The minimum absolute atomic E-state index is 0.140. The highest BCUT2D eigenvalue weighted by Crippen LogP contribution is 2.23. The van der Waals surface area contributed by atoms with Crippen LogP contribution in [0, 0.1) is 18.3 Å². The maximum atomic E-state index is 11.9. The molecule has 0 N–H and O–H groups in total. The van der Waals surface area contributed by atoms with Crippen LogP contribution in [0.15, 0.2) is 41.4 Å². The Labute approximate surface area is 140 Å². The number of pyridine rings is 1. The smallest absolute Gasteiger partial charge is 0.316 e. The van der Waals surface area contributed by atoms with Gasteiger partial charge in [-0.15, -0.1) is 0 Å². The Hall–Kier alpha value is -2.32. The van der Waals surface area contributed by atoms with E-state index in [-0.39, 0.29) is 18.3 Å². The Morgan fingerprint density at radius 2 is 2.09 bits per heavy atom. The molecule has 0 saturated carbocycles. The van der Waals surface area contributed by atoms with E-state index in [1.807, 2.05) is 50.2 Å². The molecule has 0 amide bonds. The van der Waals surface area contributed by atoms with Crippen molar-refractivity contribution in [3.05, 3.63) is 58.8 Å². The fourth-order valence-electron chi connectivity index (χ4n) is 2.09. The lowest BCUT2D eigenvalue weighted by molar-refractivity contribution is -0.141. The second-order valence-electron chi connectivity index (χ2n) is 5.00. The maximum absolute atomic E-state index is 11.9. The molecule has 1 heterocycles. The van der Waals surface area contributed by atoms with Gasteiger partial charge in [-0.05, 0) is 30.5 Å². The van der Waals surface area contributed by atoms with E-state index in [2.05, 4.69) is 11.1 Å². The van der Waals surface area contributed by atoms with Crippen molar-refractivity contribution >= 4 is 17.7 Å². The fraction of sp³-hybridized carbons (Fsp3) is 0.278. The SMILES string of the molecule is CCc1nc(SCC(=O)OCc2ccccc2)c(C#N)cc1C. The van der Waals surface area contributed by atoms with Gasteiger partial charge in [0.2, 0.25) is 0 Å². The summed E-state index contributed by atoms with van der Waals surface area (Å²) in [6.45, 7) is 4.21. The third kappa shape index (κ3) is 4.83. The molecule has 0 fully saturated rings. The number of ether oxygens (including phenoxy) is 1. The number of benzene rings is 1. The zero-order valence-corrected chi connectivity index (χ0v) is 14.0. The van der Waals surface area contributed by atoms with Crippen molar-refractivity contribution in [2.45, 2.75) is 31.9 Å². The minimum Gasteiger partial charge on any atom is -0.460 e. The Balaban J connectivity index is 1.95. The van der Waals surface area contributed by atoms with E-state index in [1.165, 1.54) is 11.8 Å². The van der Waals surface area contributed by atoms with Crippen LogP contribution >= 0.6 is 11.8 Å². The third-order valence-electron chi connectivity index (χ3n) is 3.31. The van der Waals surface area contributed by atoms with Gasteiger partial charge in [0, 0.05) is 5.69 Å². The fourth-order valence-corrected chi connectivity index (χ4v) is 2.86. The lowest BCUT2D eigenvalue weighted by Gasteiger charge is -2.08. The van der Waals surface area contributed by atoms with Gasteiger partial charge >= 0.3 is 5.97 Å². The molecule has 0 bridgehead atoms. The number of rotatable bonds is 6. The number of esters is 1. The zero-order chi connectivity index (χ0) is 16.7. The lowest BCUT2D eigenvalue weighted by Crippen LogP contribution is -2.08. The largest absolute Gasteiger partial charge is 0.460 e. The van der Waals surface area contributed by atoms with Gasteiger partial charge in [-0.3, -0.25) is 4.79 Å². The van der Waals surface area contributed by atoms with Gasteiger partial charge in [0.25, 0.3) is 0 Å². The summed E-state index contributed by atoms with van der Waals surface area (Å²) in [6.07, 6.45) is 0.795. The zero-order valence-electron chi connectivity index (χ0n) is 13.2. The molecule has 4 nitrogen and oxygen atoms in total. The summed E-state index contributed by atoms with van der Waals surface area (Å²) in [5.74, 6) is -0.177. The van der Waals surface area contributed by atoms with Crippen molar-refractivity contribution < 1.29 is 9.53 Å². The van der Waals surface area contributed by atoms with Crippen LogP contribution in [0.4, 0.5) is 0 Å². The number of thioether (sulfide) groups is 1. The predicted molar refractivity (Wildman–Crippen MR) is 90.0 cm³/mol. The minimum atomic E-state index is -0.317. The predicted octanol–water partition coefficient (Wildman–Crippen LogP) is 3.66. The Kier molecular flexibility index (Phi) is 6.19. The first kappa shape index (κ1) is 17.0. The first-order valence-electron chi connectivity index (χ1n) is 7.37. The molecule has 0 aliphatic heterocycles. The van der Waals surface area contributed by atoms with E-state index in [4.69, 9.17) is 4.74 Å². The van der Waals surface area contributed by atoms with E-state index in [0.29, 0.717) is 10.6 Å². The van der Waals surface area contributed by atoms with Gasteiger partial charge < -0.3 is 4.74 Å². The molecule has 0 atom stereocenters. The molecular formula is C18H18N2O2S. The number of hydrogen-bond donors (Lipinski definition) is 0. The van der Waals surface area contributed by atoms with Crippen LogP contribution in [-0.2, 0) is 22.6 Å². The quantitative estimate of drug-likeness (QED) is 0.599. The van der Waals surface area contributed by atoms with Gasteiger partial charge in [-0.2, -0.15) is 5.26 Å². The Morgan fingerprint density at radius 1 is 1.35 bits per heavy atom. The number of carbonyl (C=O) groups excluding carboxylic acids is 1. The van der Waals surface area contributed by atoms with Gasteiger partial charge in [-0.1, -0.05) is 49.0 Å². The second-order valence-corrected chi connectivity index (χ2v) is 5.97. The average molecular weight is 326 g/mol. The third-order valence-corrected chi connectivity index (χ3v) is 4.27. The van der Waals surface area contributed by atoms with Crippen molar-refractivity contribution in [1.82, 2.24) is 4.98 Å². The lowest BCUT2D eigenvalue weighted by atomic mass is 10.1. The van der Waals surface area contributed by atoms with Crippen LogP contribution in [0.1, 0.15) is 29.3 Å². The maximum Gasteiger partial charge on any atom is 0.316 e. The Bertz CT molecular complexity index is 724. The molecule has 5 heteroatoms. The van der Waals surface area contributed by atoms with E-state index in [0.717, 1.165) is 23.2 Å². The highest BCUT2D eigenvalue weighted by molar-refractivity contribution is 7.99. The highest BCUT2D eigenvalue weighted by Gasteiger charge is 2.12. The van der Waals surface area contributed by atoms with Crippen molar-refractivity contribution in [2.75, 3.05) is 5.75 Å². The molecule has 23 heavy (non-hydrogen) atoms. The molecule has 0 aliphatic rings. The average Bonchev–Trinajstić information content (AvgIpc) is 2.59. The summed E-state index contributed by atoms with van der Waals surface area (Å²) in [5, 5.41) is 9.79. The second kappa shape index (κ2) is 8.35. The van der Waals surface area contributed by atoms with Crippen LogP contribution in [0.5, 0.6) is 0 Å². The van der Waals surface area contributed by atoms with E-state index in [1.54, 1.807) is 0 Å². The summed E-state index contributed by atoms with van der Waals surface area (Å²) >= 11 is 1.24. The monoisotopic (exact) mass is 326 g/mol. The summed E-state index contributed by atoms with van der Waals surface area (Å²) < 4.78 is 5.23. The molecule has 0 spiro atoms. The number of carbonyl (C=O) groups is 1. The van der Waals surface area contributed by atoms with E-state index in [9.17, 15) is 10.1 Å². The number of hydrogen-bond acceptors (Lipinski definition) is 5. The highest BCUT2D eigenvalue weighted by atomic mass is 32.2. The molecular weight excluding hydrogens is 308 g/mol. The molecule has 0 aliphatic carbocycles. The number of aryl methyl sites for hydroxylation is 2. The normalized spacial score (nSPS) is 10.1. The topological polar surface area (TPSA) is 63.0 Å². The van der Waals surface area contributed by atoms with Gasteiger partial charge in [-0.25, -0.2) is 4.98 Å². The summed E-state index contributed by atoms with van der Waals surface area (Å²) in [4.78, 5) is 16.3. The van der Waals surface area contributed by atoms with Crippen LogP contribution in [0.25, 0.3) is 0 Å². The van der Waals surface area contributed by atoms with Crippen molar-refractivity contribution in [1.29, 1.82) is 5.26 Å². The summed E-state index contributed by atoms with van der Waals surface area (Å²) in [7, 11) is 0. The summed E-state index contributed by atoms with van der Waals surface area (Å²) in [5.41, 5.74) is 3.40. The number of aromatic nitrogens is 1. The van der Waals surface area contributed by atoms with Gasteiger partial charge in [0.05, 0.1) is 11.3 Å². The molecule has 2 aromatic rings. The number of nitriles is 1. The molecule has 1 aromatic heterocycles. The molecule has 0 radical (unpaired) electrons. The van der Waals surface area contributed by atoms with Crippen LogP contribution < -0.4 is 0 Å². The first-order chi connectivity index (χ1) is 11.1. The van der Waals surface area contributed by atoms with Crippen molar-refractivity contribution in [3.63, 3.8) is 0 Å². The van der Waals surface area contributed by atoms with Crippen molar-refractivity contribution in [3.8, 4) is 6.07 Å². The molecule has 2 rings (SSSR count). The Morgan fingerprint density at radius 3 is 2.74 bits per heavy atom. The van der Waals surface area contributed by atoms with Crippen molar-refractivity contribution in [2.24, 2.45) is 0 Å². The van der Waals surface area contributed by atoms with Gasteiger partial charge in [0.1, 0.15) is 17.7 Å². The summed E-state index contributed by atoms with van der Waals surface area (Å²) in [6, 6.07) is 13.5. The first-order valence-corrected chi connectivity index (χ1v) is 8.35. The molecule has 0 saturated heterocycles. The molecule has 0 unspecified atom stereocenters. The molecule has 118 valence electrons. The van der Waals surface area contributed by atoms with Crippen LogP contribution in [-0.4, -0.2) is 16.7 Å².